The summed E-state index contributed by atoms with van der Waals surface area (Å²) in [4.78, 5) is 16.2. The van der Waals surface area contributed by atoms with Crippen molar-refractivity contribution in [2.24, 2.45) is 0 Å². The number of pyridine rings is 1. The smallest absolute Gasteiger partial charge is 0.269 e. The molecule has 1 aromatic heterocycles. The average Bonchev–Trinajstić information content (AvgIpc) is 2.55. The van der Waals surface area contributed by atoms with Gasteiger partial charge in [-0.05, 0) is 43.2 Å². The molecule has 6 heteroatoms. The minimum absolute atomic E-state index is 0.185. The van der Waals surface area contributed by atoms with Crippen molar-refractivity contribution in [3.63, 3.8) is 0 Å². The van der Waals surface area contributed by atoms with Crippen LogP contribution >= 0.6 is 15.9 Å². The fourth-order valence-electron chi connectivity index (χ4n) is 1.98. The summed E-state index contributed by atoms with van der Waals surface area (Å²) in [5.74, 6) is -0.185. The van der Waals surface area contributed by atoms with Crippen molar-refractivity contribution < 1.29 is 9.53 Å². The first-order chi connectivity index (χ1) is 11.1. The number of anilines is 2. The zero-order valence-electron chi connectivity index (χ0n) is 13.2. The number of rotatable bonds is 7. The number of ether oxygens (including phenoxy) is 1. The summed E-state index contributed by atoms with van der Waals surface area (Å²) >= 11 is 3.51. The van der Waals surface area contributed by atoms with Crippen LogP contribution in [0.2, 0.25) is 0 Å². The molecule has 1 aromatic carbocycles. The van der Waals surface area contributed by atoms with E-state index < -0.39 is 0 Å². The second-order valence-electron chi connectivity index (χ2n) is 5.12. The number of benzene rings is 1. The summed E-state index contributed by atoms with van der Waals surface area (Å²) in [7, 11) is 1.64. The summed E-state index contributed by atoms with van der Waals surface area (Å²) in [6.45, 7) is 3.22. The van der Waals surface area contributed by atoms with Gasteiger partial charge in [0.15, 0.2) is 0 Å². The Morgan fingerprint density at radius 3 is 2.78 bits per heavy atom. The Bertz CT molecular complexity index is 677. The molecular weight excluding hydrogens is 358 g/mol. The second-order valence-corrected chi connectivity index (χ2v) is 5.98. The van der Waals surface area contributed by atoms with Gasteiger partial charge >= 0.3 is 0 Å². The minimum atomic E-state index is -0.185. The topological polar surface area (TPSA) is 63.2 Å². The Morgan fingerprint density at radius 2 is 2.04 bits per heavy atom. The number of aryl methyl sites for hydroxylation is 1. The molecule has 122 valence electrons. The maximum atomic E-state index is 12.1. The number of halogens is 1. The Balaban J connectivity index is 2.01. The number of aromatic nitrogens is 1. The van der Waals surface area contributed by atoms with E-state index in [1.165, 1.54) is 5.56 Å². The predicted octanol–water partition coefficient (Wildman–Crippen LogP) is 3.66. The van der Waals surface area contributed by atoms with E-state index in [0.717, 1.165) is 22.3 Å². The van der Waals surface area contributed by atoms with Gasteiger partial charge in [0.2, 0.25) is 0 Å². The summed E-state index contributed by atoms with van der Waals surface area (Å²) in [5, 5.41) is 6.10. The number of methoxy groups -OCH3 is 1. The number of carbonyl (C=O) groups is 1. The van der Waals surface area contributed by atoms with Crippen molar-refractivity contribution in [1.82, 2.24) is 10.3 Å². The quantitative estimate of drug-likeness (QED) is 0.722. The van der Waals surface area contributed by atoms with E-state index in [-0.39, 0.29) is 5.91 Å². The molecule has 23 heavy (non-hydrogen) atoms. The lowest BCUT2D eigenvalue weighted by Gasteiger charge is -2.09. The summed E-state index contributed by atoms with van der Waals surface area (Å²) < 4.78 is 5.99. The normalized spacial score (nSPS) is 10.4. The summed E-state index contributed by atoms with van der Waals surface area (Å²) in [6.07, 6.45) is 2.40. The second kappa shape index (κ2) is 8.64. The van der Waals surface area contributed by atoms with Crippen molar-refractivity contribution in [3.05, 3.63) is 52.3 Å². The Labute approximate surface area is 144 Å². The molecule has 0 atom stereocenters. The molecule has 0 saturated carbocycles. The molecule has 0 spiro atoms. The molecule has 2 aromatic rings. The zero-order chi connectivity index (χ0) is 16.7. The lowest BCUT2D eigenvalue weighted by molar-refractivity contribution is 0.0943. The van der Waals surface area contributed by atoms with Crippen LogP contribution in [-0.4, -0.2) is 31.2 Å². The highest BCUT2D eigenvalue weighted by Crippen LogP contribution is 2.23. The van der Waals surface area contributed by atoms with E-state index >= 15 is 0 Å². The standard InChI is InChI=1S/C17H20BrN3O2/c1-12-4-5-13(10-15(12)18)21-14-6-8-19-16(11-14)17(22)20-7-3-9-23-2/h4-6,8,10-11H,3,7,9H2,1-2H3,(H,19,21)(H,20,22). The third-order valence-electron chi connectivity index (χ3n) is 3.26. The van der Waals surface area contributed by atoms with Crippen molar-refractivity contribution in [2.45, 2.75) is 13.3 Å². The van der Waals surface area contributed by atoms with Crippen LogP contribution in [0.3, 0.4) is 0 Å². The number of amides is 1. The highest BCUT2D eigenvalue weighted by molar-refractivity contribution is 9.10. The molecule has 1 heterocycles. The molecule has 5 nitrogen and oxygen atoms in total. The third kappa shape index (κ3) is 5.33. The van der Waals surface area contributed by atoms with Crippen molar-refractivity contribution in [3.8, 4) is 0 Å². The fourth-order valence-corrected chi connectivity index (χ4v) is 2.36. The van der Waals surface area contributed by atoms with Crippen molar-refractivity contribution >= 4 is 33.2 Å². The molecule has 0 radical (unpaired) electrons. The van der Waals surface area contributed by atoms with Crippen LogP contribution in [-0.2, 0) is 4.74 Å². The SMILES string of the molecule is COCCCNC(=O)c1cc(Nc2ccc(C)c(Br)c2)ccn1. The number of hydrogen-bond donors (Lipinski definition) is 2. The predicted molar refractivity (Wildman–Crippen MR) is 95.2 cm³/mol. The van der Waals surface area contributed by atoms with E-state index in [9.17, 15) is 4.79 Å². The zero-order valence-corrected chi connectivity index (χ0v) is 14.8. The molecule has 2 rings (SSSR count). The largest absolute Gasteiger partial charge is 0.385 e. The lowest BCUT2D eigenvalue weighted by Crippen LogP contribution is -2.26. The molecule has 0 fully saturated rings. The van der Waals surface area contributed by atoms with Gasteiger partial charge in [-0.25, -0.2) is 0 Å². The minimum Gasteiger partial charge on any atom is -0.385 e. The molecule has 0 bridgehead atoms. The van der Waals surface area contributed by atoms with Crippen LogP contribution < -0.4 is 10.6 Å². The maximum absolute atomic E-state index is 12.1. The van der Waals surface area contributed by atoms with Crippen LogP contribution in [0.5, 0.6) is 0 Å². The van der Waals surface area contributed by atoms with Gasteiger partial charge in [-0.3, -0.25) is 9.78 Å². The number of nitrogens with one attached hydrogen (secondary N) is 2. The van der Waals surface area contributed by atoms with Gasteiger partial charge in [0.25, 0.3) is 5.91 Å². The fraction of sp³-hybridized carbons (Fsp3) is 0.294. The average molecular weight is 378 g/mol. The van der Waals surface area contributed by atoms with Crippen LogP contribution in [0.15, 0.2) is 41.0 Å². The molecule has 1 amide bonds. The third-order valence-corrected chi connectivity index (χ3v) is 4.12. The van der Waals surface area contributed by atoms with Gasteiger partial charge < -0.3 is 15.4 Å². The molecular formula is C17H20BrN3O2. The number of nitrogens with zero attached hydrogens (tertiary/aromatic N) is 1. The molecule has 0 unspecified atom stereocenters. The number of hydrogen-bond acceptors (Lipinski definition) is 4. The molecule has 0 aliphatic rings. The van der Waals surface area contributed by atoms with E-state index in [1.54, 1.807) is 19.4 Å². The first-order valence-electron chi connectivity index (χ1n) is 7.36. The molecule has 2 N–H and O–H groups in total. The molecule has 0 aliphatic heterocycles. The molecule has 0 aliphatic carbocycles. The Kier molecular flexibility index (Phi) is 6.55. The van der Waals surface area contributed by atoms with Crippen LogP contribution in [0.25, 0.3) is 0 Å². The van der Waals surface area contributed by atoms with Crippen molar-refractivity contribution in [1.29, 1.82) is 0 Å². The Hall–Kier alpha value is -1.92. The first kappa shape index (κ1) is 17.4. The van der Waals surface area contributed by atoms with Gasteiger partial charge in [0, 0.05) is 42.3 Å². The van der Waals surface area contributed by atoms with E-state index in [0.29, 0.717) is 18.8 Å². The van der Waals surface area contributed by atoms with Gasteiger partial charge in [-0.1, -0.05) is 22.0 Å². The summed E-state index contributed by atoms with van der Waals surface area (Å²) in [5.41, 5.74) is 3.32. The van der Waals surface area contributed by atoms with Crippen molar-refractivity contribution in [2.75, 3.05) is 25.6 Å². The highest BCUT2D eigenvalue weighted by Gasteiger charge is 2.07. The maximum Gasteiger partial charge on any atom is 0.269 e. The van der Waals surface area contributed by atoms with E-state index in [1.807, 2.05) is 31.2 Å². The monoisotopic (exact) mass is 377 g/mol. The highest BCUT2D eigenvalue weighted by atomic mass is 79.9. The first-order valence-corrected chi connectivity index (χ1v) is 8.16. The van der Waals surface area contributed by atoms with Crippen LogP contribution in [0.4, 0.5) is 11.4 Å². The summed E-state index contributed by atoms with van der Waals surface area (Å²) in [6, 6.07) is 9.58. The van der Waals surface area contributed by atoms with Crippen LogP contribution in [0.1, 0.15) is 22.5 Å². The molecule has 0 saturated heterocycles. The Morgan fingerprint density at radius 1 is 1.26 bits per heavy atom. The lowest BCUT2D eigenvalue weighted by atomic mass is 10.2. The van der Waals surface area contributed by atoms with E-state index in [2.05, 4.69) is 31.5 Å². The van der Waals surface area contributed by atoms with Gasteiger partial charge in [-0.15, -0.1) is 0 Å². The van der Waals surface area contributed by atoms with E-state index in [4.69, 9.17) is 4.74 Å². The van der Waals surface area contributed by atoms with Gasteiger partial charge in [0.05, 0.1) is 0 Å². The van der Waals surface area contributed by atoms with Gasteiger partial charge in [0.1, 0.15) is 5.69 Å². The van der Waals surface area contributed by atoms with Crippen LogP contribution in [0, 0.1) is 6.92 Å². The number of carbonyl (C=O) groups excluding carboxylic acids is 1. The van der Waals surface area contributed by atoms with Gasteiger partial charge in [-0.2, -0.15) is 0 Å².